The quantitative estimate of drug-likeness (QED) is 0.365. The molecular formula is C27H33ClFN7O4. The molecule has 1 fully saturated rings. The van der Waals surface area contributed by atoms with Crippen molar-refractivity contribution in [1.82, 2.24) is 14.9 Å². The fourth-order valence-electron chi connectivity index (χ4n) is 4.56. The minimum atomic E-state index is -0.700. The Bertz CT molecular complexity index is 1390. The van der Waals surface area contributed by atoms with Gasteiger partial charge in [0, 0.05) is 50.6 Å². The van der Waals surface area contributed by atoms with Gasteiger partial charge in [-0.25, -0.2) is 9.37 Å². The first-order valence-electron chi connectivity index (χ1n) is 12.5. The molecule has 1 amide bonds. The number of rotatable bonds is 9. The van der Waals surface area contributed by atoms with Gasteiger partial charge in [0.25, 0.3) is 0 Å². The second-order valence-corrected chi connectivity index (χ2v) is 9.29. The number of carbonyl (C=O) groups excluding carboxylic acids is 1. The van der Waals surface area contributed by atoms with Crippen LogP contribution in [0.3, 0.4) is 0 Å². The lowest BCUT2D eigenvalue weighted by Gasteiger charge is -2.40. The summed E-state index contributed by atoms with van der Waals surface area (Å²) in [4.78, 5) is 25.6. The van der Waals surface area contributed by atoms with Crippen LogP contribution in [-0.4, -0.2) is 73.9 Å². The van der Waals surface area contributed by atoms with E-state index in [1.807, 2.05) is 11.8 Å². The molecule has 0 aliphatic carbocycles. The standard InChI is InChI=1S/C27H32FN7O4.ClH/c1-16-15-34(22(36)13-20(30)18-6-4-17(14-29)5-7-18)8-9-35(16)27-32-24-19(26(31)33-27)12-21(38-3)25(23(24)28)39-11-10-37-2;/h4-7,12,16,20H,8-11,13,15,30H2,1-3H3,(H2,31,32,33);1H/t16-,20+;/m0./s1. The van der Waals surface area contributed by atoms with Gasteiger partial charge in [-0.15, -0.1) is 12.4 Å². The topological polar surface area (TPSA) is 153 Å². The third-order valence-electron chi connectivity index (χ3n) is 6.72. The molecular weight excluding hydrogens is 541 g/mol. The molecule has 2 heterocycles. The molecule has 0 spiro atoms. The fourth-order valence-corrected chi connectivity index (χ4v) is 4.56. The molecule has 13 heteroatoms. The zero-order valence-corrected chi connectivity index (χ0v) is 23.4. The maximum Gasteiger partial charge on any atom is 0.228 e. The van der Waals surface area contributed by atoms with Crippen molar-refractivity contribution in [2.24, 2.45) is 5.73 Å². The van der Waals surface area contributed by atoms with Crippen molar-refractivity contribution in [3.63, 3.8) is 0 Å². The normalized spacial score (nSPS) is 15.8. The number of aromatic nitrogens is 2. The average Bonchev–Trinajstić information content (AvgIpc) is 2.94. The van der Waals surface area contributed by atoms with Crippen LogP contribution in [0, 0.1) is 17.1 Å². The number of piperazine rings is 1. The number of fused-ring (bicyclic) bond motifs is 1. The predicted octanol–water partition coefficient (Wildman–Crippen LogP) is 2.81. The number of amides is 1. The Hall–Kier alpha value is -3.92. The number of nitriles is 1. The SMILES string of the molecule is COCCOc1c(OC)cc2c(N)nc(N3CCN(C(=O)C[C@@H](N)c4ccc(C#N)cc4)C[C@@H]3C)nc2c1F.Cl. The number of nitrogens with zero attached hydrogens (tertiary/aromatic N) is 5. The summed E-state index contributed by atoms with van der Waals surface area (Å²) in [6, 6.07) is 9.87. The third kappa shape index (κ3) is 6.44. The van der Waals surface area contributed by atoms with Crippen molar-refractivity contribution in [2.45, 2.75) is 25.4 Å². The van der Waals surface area contributed by atoms with Crippen LogP contribution in [0.1, 0.15) is 30.5 Å². The summed E-state index contributed by atoms with van der Waals surface area (Å²) in [6.07, 6.45) is 0.136. The van der Waals surface area contributed by atoms with Crippen molar-refractivity contribution in [1.29, 1.82) is 5.26 Å². The van der Waals surface area contributed by atoms with Gasteiger partial charge in [-0.3, -0.25) is 4.79 Å². The van der Waals surface area contributed by atoms with Crippen LogP contribution >= 0.6 is 12.4 Å². The van der Waals surface area contributed by atoms with E-state index >= 15 is 4.39 Å². The van der Waals surface area contributed by atoms with Gasteiger partial charge in [-0.05, 0) is 30.7 Å². The number of methoxy groups -OCH3 is 2. The van der Waals surface area contributed by atoms with E-state index in [4.69, 9.17) is 30.9 Å². The van der Waals surface area contributed by atoms with Crippen LogP contribution in [0.4, 0.5) is 16.2 Å². The number of benzene rings is 2. The minimum Gasteiger partial charge on any atom is -0.493 e. The van der Waals surface area contributed by atoms with E-state index in [0.717, 1.165) is 5.56 Å². The van der Waals surface area contributed by atoms with Crippen molar-refractivity contribution in [3.05, 3.63) is 47.3 Å². The molecule has 3 aromatic rings. The Morgan fingerprint density at radius 2 is 1.95 bits per heavy atom. The van der Waals surface area contributed by atoms with E-state index < -0.39 is 11.9 Å². The number of halogens is 2. The van der Waals surface area contributed by atoms with Gasteiger partial charge in [-0.1, -0.05) is 12.1 Å². The number of anilines is 2. The smallest absolute Gasteiger partial charge is 0.228 e. The summed E-state index contributed by atoms with van der Waals surface area (Å²) in [6.45, 7) is 3.60. The van der Waals surface area contributed by atoms with Gasteiger partial charge in [0.2, 0.25) is 11.9 Å². The van der Waals surface area contributed by atoms with Crippen molar-refractivity contribution in [3.8, 4) is 17.6 Å². The number of nitrogens with two attached hydrogens (primary N) is 2. The summed E-state index contributed by atoms with van der Waals surface area (Å²) in [5, 5.41) is 9.28. The Morgan fingerprint density at radius 1 is 1.23 bits per heavy atom. The molecule has 0 radical (unpaired) electrons. The van der Waals surface area contributed by atoms with Crippen LogP contribution in [-0.2, 0) is 9.53 Å². The molecule has 1 saturated heterocycles. The zero-order chi connectivity index (χ0) is 28.1. The molecule has 1 aliphatic heterocycles. The summed E-state index contributed by atoms with van der Waals surface area (Å²) < 4.78 is 31.4. The van der Waals surface area contributed by atoms with E-state index in [1.54, 1.807) is 35.2 Å². The number of ether oxygens (including phenoxy) is 3. The number of hydrogen-bond donors (Lipinski definition) is 2. The van der Waals surface area contributed by atoms with Gasteiger partial charge in [0.05, 0.1) is 25.3 Å². The first-order chi connectivity index (χ1) is 18.8. The zero-order valence-electron chi connectivity index (χ0n) is 22.6. The van der Waals surface area contributed by atoms with Gasteiger partial charge >= 0.3 is 0 Å². The molecule has 1 aliphatic rings. The largest absolute Gasteiger partial charge is 0.493 e. The highest BCUT2D eigenvalue weighted by Crippen LogP contribution is 2.38. The minimum absolute atomic E-state index is 0. The Morgan fingerprint density at radius 3 is 2.58 bits per heavy atom. The lowest BCUT2D eigenvalue weighted by Crippen LogP contribution is -2.54. The van der Waals surface area contributed by atoms with E-state index in [2.05, 4.69) is 16.0 Å². The molecule has 2 atom stereocenters. The van der Waals surface area contributed by atoms with Crippen LogP contribution < -0.4 is 25.8 Å². The third-order valence-corrected chi connectivity index (χ3v) is 6.72. The van der Waals surface area contributed by atoms with E-state index in [0.29, 0.717) is 30.6 Å². The fraction of sp³-hybridized carbons (Fsp3) is 0.407. The van der Waals surface area contributed by atoms with Gasteiger partial charge in [0.15, 0.2) is 17.3 Å². The Kier molecular flexibility index (Phi) is 10.3. The first-order valence-corrected chi connectivity index (χ1v) is 12.5. The Balaban J connectivity index is 0.00000441. The predicted molar refractivity (Wildman–Crippen MR) is 151 cm³/mol. The van der Waals surface area contributed by atoms with Gasteiger partial charge < -0.3 is 35.5 Å². The molecule has 4 N–H and O–H groups in total. The van der Waals surface area contributed by atoms with Crippen molar-refractivity contribution < 1.29 is 23.4 Å². The van der Waals surface area contributed by atoms with Crippen LogP contribution in [0.25, 0.3) is 10.9 Å². The molecule has 2 aromatic carbocycles. The maximum atomic E-state index is 15.5. The van der Waals surface area contributed by atoms with Crippen molar-refractivity contribution >= 4 is 41.0 Å². The van der Waals surface area contributed by atoms with Crippen LogP contribution in [0.15, 0.2) is 30.3 Å². The van der Waals surface area contributed by atoms with E-state index in [-0.39, 0.29) is 72.8 Å². The average molecular weight is 574 g/mol. The maximum absolute atomic E-state index is 15.5. The molecule has 1 aromatic heterocycles. The molecule has 0 unspecified atom stereocenters. The lowest BCUT2D eigenvalue weighted by atomic mass is 10.0. The van der Waals surface area contributed by atoms with E-state index in [9.17, 15) is 4.79 Å². The highest BCUT2D eigenvalue weighted by molar-refractivity contribution is 5.92. The van der Waals surface area contributed by atoms with Crippen molar-refractivity contribution in [2.75, 3.05) is 57.7 Å². The molecule has 0 bridgehead atoms. The lowest BCUT2D eigenvalue weighted by molar-refractivity contribution is -0.132. The first kappa shape index (κ1) is 30.6. The molecule has 0 saturated carbocycles. The second kappa shape index (κ2) is 13.4. The van der Waals surface area contributed by atoms with Crippen LogP contribution in [0.2, 0.25) is 0 Å². The summed E-state index contributed by atoms with van der Waals surface area (Å²) >= 11 is 0. The molecule has 214 valence electrons. The van der Waals surface area contributed by atoms with E-state index in [1.165, 1.54) is 14.2 Å². The second-order valence-electron chi connectivity index (χ2n) is 9.29. The molecule has 40 heavy (non-hydrogen) atoms. The molecule has 11 nitrogen and oxygen atoms in total. The summed E-state index contributed by atoms with van der Waals surface area (Å²) in [5.41, 5.74) is 13.8. The summed E-state index contributed by atoms with van der Waals surface area (Å²) in [7, 11) is 2.94. The Labute approximate surface area is 238 Å². The van der Waals surface area contributed by atoms with Crippen LogP contribution in [0.5, 0.6) is 11.5 Å². The monoisotopic (exact) mass is 573 g/mol. The number of hydrogen-bond acceptors (Lipinski definition) is 10. The molecule has 4 rings (SSSR count). The summed E-state index contributed by atoms with van der Waals surface area (Å²) in [5.74, 6) is -0.301. The van der Waals surface area contributed by atoms with Gasteiger partial charge in [-0.2, -0.15) is 10.2 Å². The number of carbonyl (C=O) groups is 1. The van der Waals surface area contributed by atoms with Gasteiger partial charge in [0.1, 0.15) is 17.9 Å². The highest BCUT2D eigenvalue weighted by Gasteiger charge is 2.30. The highest BCUT2D eigenvalue weighted by atomic mass is 35.5. The number of nitrogen functional groups attached to an aromatic ring is 1.